The largest absolute Gasteiger partial charge is 0.356 e. The number of nitrogens with zero attached hydrogens (tertiary/aromatic N) is 1. The molecule has 106 valence electrons. The van der Waals surface area contributed by atoms with Crippen LogP contribution in [-0.2, 0) is 5.75 Å². The molecule has 0 N–H and O–H groups in total. The topological polar surface area (TPSA) is 26.0 Å². The van der Waals surface area contributed by atoms with Gasteiger partial charge >= 0.3 is 0 Å². The molecule has 0 unspecified atom stereocenters. The van der Waals surface area contributed by atoms with Gasteiger partial charge in [0.05, 0.1) is 5.69 Å². The van der Waals surface area contributed by atoms with Crippen LogP contribution >= 0.6 is 11.8 Å². The third-order valence-corrected chi connectivity index (χ3v) is 3.92. The van der Waals surface area contributed by atoms with Crippen molar-refractivity contribution < 1.29 is 13.3 Å². The molecule has 1 heterocycles. The Labute approximate surface area is 124 Å². The minimum absolute atomic E-state index is 0.529. The van der Waals surface area contributed by atoms with Gasteiger partial charge in [0, 0.05) is 22.3 Å². The van der Waals surface area contributed by atoms with Crippen molar-refractivity contribution in [3.8, 4) is 11.3 Å². The molecule has 0 fully saturated rings. The van der Waals surface area contributed by atoms with E-state index in [4.69, 9.17) is 4.52 Å². The first-order valence-corrected chi connectivity index (χ1v) is 7.30. The second-order valence-corrected chi connectivity index (χ2v) is 5.46. The maximum absolute atomic E-state index is 13.1. The van der Waals surface area contributed by atoms with E-state index in [9.17, 15) is 8.78 Å². The summed E-state index contributed by atoms with van der Waals surface area (Å²) in [7, 11) is 0. The van der Waals surface area contributed by atoms with Gasteiger partial charge in [-0.2, -0.15) is 0 Å². The highest BCUT2D eigenvalue weighted by Crippen LogP contribution is 2.26. The highest BCUT2D eigenvalue weighted by molar-refractivity contribution is 7.98. The van der Waals surface area contributed by atoms with Crippen LogP contribution in [0.4, 0.5) is 8.78 Å². The minimum Gasteiger partial charge on any atom is -0.356 e. The van der Waals surface area contributed by atoms with Gasteiger partial charge in [0.2, 0.25) is 0 Å². The number of hydrogen-bond acceptors (Lipinski definition) is 3. The van der Waals surface area contributed by atoms with Crippen LogP contribution in [0.5, 0.6) is 0 Å². The molecule has 0 aliphatic heterocycles. The summed E-state index contributed by atoms with van der Waals surface area (Å²) in [5, 5.41) is 3.98. The number of benzene rings is 2. The summed E-state index contributed by atoms with van der Waals surface area (Å²) in [5.41, 5.74) is 1.71. The second-order valence-electron chi connectivity index (χ2n) is 4.41. The predicted molar refractivity (Wildman–Crippen MR) is 77.9 cm³/mol. The summed E-state index contributed by atoms with van der Waals surface area (Å²) in [6.45, 7) is 0. The lowest BCUT2D eigenvalue weighted by molar-refractivity contribution is 0.426. The average molecular weight is 303 g/mol. The molecule has 0 saturated carbocycles. The number of aromatic nitrogens is 1. The van der Waals surface area contributed by atoms with Crippen LogP contribution in [0.15, 0.2) is 64.0 Å². The summed E-state index contributed by atoms with van der Waals surface area (Å²) >= 11 is 1.38. The number of rotatable bonds is 4. The summed E-state index contributed by atoms with van der Waals surface area (Å²) in [6.07, 6.45) is 0. The highest BCUT2D eigenvalue weighted by Gasteiger charge is 2.08. The highest BCUT2D eigenvalue weighted by atomic mass is 32.2. The Morgan fingerprint density at radius 1 is 0.952 bits per heavy atom. The van der Waals surface area contributed by atoms with Crippen molar-refractivity contribution >= 4 is 11.8 Å². The van der Waals surface area contributed by atoms with Crippen LogP contribution in [0.3, 0.4) is 0 Å². The van der Waals surface area contributed by atoms with Crippen molar-refractivity contribution in [3.05, 3.63) is 71.9 Å². The van der Waals surface area contributed by atoms with E-state index < -0.39 is 11.6 Å². The van der Waals surface area contributed by atoms with E-state index >= 15 is 0 Å². The van der Waals surface area contributed by atoms with Crippen LogP contribution in [0, 0.1) is 11.6 Å². The Bertz CT molecular complexity index is 743. The smallest absolute Gasteiger partial charge is 0.167 e. The van der Waals surface area contributed by atoms with E-state index in [1.807, 2.05) is 36.4 Å². The first-order chi connectivity index (χ1) is 10.2. The van der Waals surface area contributed by atoms with Gasteiger partial charge in [-0.15, -0.1) is 11.8 Å². The van der Waals surface area contributed by atoms with Gasteiger partial charge in [-0.05, 0) is 18.2 Å². The van der Waals surface area contributed by atoms with Crippen molar-refractivity contribution in [3.63, 3.8) is 0 Å². The van der Waals surface area contributed by atoms with Gasteiger partial charge in [-0.1, -0.05) is 35.5 Å². The van der Waals surface area contributed by atoms with E-state index in [1.54, 1.807) is 6.07 Å². The van der Waals surface area contributed by atoms with Gasteiger partial charge in [-0.3, -0.25) is 0 Å². The van der Waals surface area contributed by atoms with Gasteiger partial charge in [0.25, 0.3) is 0 Å². The van der Waals surface area contributed by atoms with Crippen LogP contribution in [0.25, 0.3) is 11.3 Å². The average Bonchev–Trinajstić information content (AvgIpc) is 2.98. The summed E-state index contributed by atoms with van der Waals surface area (Å²) < 4.78 is 31.2. The quantitative estimate of drug-likeness (QED) is 0.640. The fourth-order valence-corrected chi connectivity index (χ4v) is 2.64. The minimum atomic E-state index is -0.842. The van der Waals surface area contributed by atoms with Crippen molar-refractivity contribution in [2.24, 2.45) is 0 Å². The number of hydrogen-bond donors (Lipinski definition) is 0. The Kier molecular flexibility index (Phi) is 4.01. The molecule has 0 amide bonds. The van der Waals surface area contributed by atoms with Gasteiger partial charge < -0.3 is 4.52 Å². The molecule has 3 aromatic rings. The van der Waals surface area contributed by atoms with Gasteiger partial charge in [0.15, 0.2) is 17.4 Å². The van der Waals surface area contributed by atoms with E-state index in [2.05, 4.69) is 5.16 Å². The third-order valence-electron chi connectivity index (χ3n) is 2.90. The maximum Gasteiger partial charge on any atom is 0.167 e. The van der Waals surface area contributed by atoms with Crippen LogP contribution in [0.1, 0.15) is 5.69 Å². The fraction of sp³-hybridized carbons (Fsp3) is 0.0625. The maximum atomic E-state index is 13.1. The van der Waals surface area contributed by atoms with Crippen LogP contribution < -0.4 is 0 Å². The normalized spacial score (nSPS) is 10.8. The van der Waals surface area contributed by atoms with Crippen molar-refractivity contribution in [2.75, 3.05) is 0 Å². The van der Waals surface area contributed by atoms with E-state index in [0.29, 0.717) is 16.4 Å². The standard InChI is InChI=1S/C16H11F2NOS/c17-14-7-6-13(9-15(14)18)21-10-12-8-16(20-19-12)11-4-2-1-3-5-11/h1-9H,10H2. The second kappa shape index (κ2) is 6.10. The molecule has 2 aromatic carbocycles. The first kappa shape index (κ1) is 13.8. The monoisotopic (exact) mass is 303 g/mol. The van der Waals surface area contributed by atoms with Crippen LogP contribution in [-0.4, -0.2) is 5.16 Å². The predicted octanol–water partition coefficient (Wildman–Crippen LogP) is 4.91. The molecule has 0 aliphatic rings. The molecule has 1 aromatic heterocycles. The molecule has 0 saturated heterocycles. The Morgan fingerprint density at radius 3 is 2.52 bits per heavy atom. The molecule has 21 heavy (non-hydrogen) atoms. The zero-order valence-corrected chi connectivity index (χ0v) is 11.7. The SMILES string of the molecule is Fc1ccc(SCc2cc(-c3ccccc3)on2)cc1F. The molecule has 2 nitrogen and oxygen atoms in total. The molecule has 0 atom stereocenters. The summed E-state index contributed by atoms with van der Waals surface area (Å²) in [6, 6.07) is 15.3. The first-order valence-electron chi connectivity index (χ1n) is 6.31. The molecular weight excluding hydrogens is 292 g/mol. The van der Waals surface area contributed by atoms with E-state index in [0.717, 1.165) is 17.3 Å². The lowest BCUT2D eigenvalue weighted by Crippen LogP contribution is -1.84. The number of thioether (sulfide) groups is 1. The molecule has 0 bridgehead atoms. The summed E-state index contributed by atoms with van der Waals surface area (Å²) in [4.78, 5) is 0.651. The molecule has 3 rings (SSSR count). The van der Waals surface area contributed by atoms with E-state index in [-0.39, 0.29) is 0 Å². The van der Waals surface area contributed by atoms with E-state index in [1.165, 1.54) is 17.8 Å². The number of halogens is 2. The molecule has 0 aliphatic carbocycles. The van der Waals surface area contributed by atoms with Gasteiger partial charge in [-0.25, -0.2) is 8.78 Å². The van der Waals surface area contributed by atoms with Crippen molar-refractivity contribution in [2.45, 2.75) is 10.6 Å². The van der Waals surface area contributed by atoms with Crippen molar-refractivity contribution in [1.82, 2.24) is 5.16 Å². The lowest BCUT2D eigenvalue weighted by atomic mass is 10.2. The zero-order chi connectivity index (χ0) is 14.7. The van der Waals surface area contributed by atoms with Gasteiger partial charge in [0.1, 0.15) is 0 Å². The van der Waals surface area contributed by atoms with Crippen LogP contribution in [0.2, 0.25) is 0 Å². The molecule has 0 spiro atoms. The zero-order valence-electron chi connectivity index (χ0n) is 10.9. The molecular formula is C16H11F2NOS. The third kappa shape index (κ3) is 3.31. The van der Waals surface area contributed by atoms with Crippen molar-refractivity contribution in [1.29, 1.82) is 0 Å². The Balaban J connectivity index is 1.69. The fourth-order valence-electron chi connectivity index (χ4n) is 1.84. The summed E-state index contributed by atoms with van der Waals surface area (Å²) in [5.74, 6) is -0.463. The Morgan fingerprint density at radius 2 is 1.76 bits per heavy atom. The molecule has 5 heteroatoms. The lowest BCUT2D eigenvalue weighted by Gasteiger charge is -1.99. The Hall–Kier alpha value is -2.14. The molecule has 0 radical (unpaired) electrons.